The number of halogens is 1. The fourth-order valence-electron chi connectivity index (χ4n) is 1.58. The van der Waals surface area contributed by atoms with E-state index in [2.05, 4.69) is 4.72 Å². The van der Waals surface area contributed by atoms with E-state index in [1.165, 1.54) is 6.07 Å². The van der Waals surface area contributed by atoms with Crippen molar-refractivity contribution in [2.45, 2.75) is 12.5 Å². The molecule has 1 saturated heterocycles. The molecule has 0 bridgehead atoms. The van der Waals surface area contributed by atoms with Crippen molar-refractivity contribution >= 4 is 10.0 Å². The zero-order valence-electron chi connectivity index (χ0n) is 7.40. The average Bonchev–Trinajstić information content (AvgIpc) is 2.47. The van der Waals surface area contributed by atoms with E-state index in [1.807, 2.05) is 0 Å². The predicted octanol–water partition coefficient (Wildman–Crippen LogP) is 1.19. The highest BCUT2D eigenvalue weighted by Gasteiger charge is 2.29. The third kappa shape index (κ3) is 1.78. The van der Waals surface area contributed by atoms with Crippen molar-refractivity contribution in [3.8, 4) is 0 Å². The van der Waals surface area contributed by atoms with Crippen LogP contribution in [0.5, 0.6) is 0 Å². The average molecular weight is 215 g/mol. The molecule has 1 heterocycles. The van der Waals surface area contributed by atoms with Crippen molar-refractivity contribution in [1.29, 1.82) is 0 Å². The molecule has 5 heteroatoms. The maximum absolute atomic E-state index is 13.3. The Labute approximate surface area is 82.0 Å². The smallest absolute Gasteiger partial charge is 0.212 e. The first-order valence-corrected chi connectivity index (χ1v) is 5.98. The molecule has 0 radical (unpaired) electrons. The monoisotopic (exact) mass is 215 g/mol. The van der Waals surface area contributed by atoms with Gasteiger partial charge in [-0.3, -0.25) is 0 Å². The summed E-state index contributed by atoms with van der Waals surface area (Å²) >= 11 is 0. The zero-order valence-corrected chi connectivity index (χ0v) is 8.22. The van der Waals surface area contributed by atoms with E-state index in [9.17, 15) is 12.8 Å². The fraction of sp³-hybridized carbons (Fsp3) is 0.333. The van der Waals surface area contributed by atoms with Crippen LogP contribution in [-0.4, -0.2) is 14.2 Å². The second-order valence-electron chi connectivity index (χ2n) is 3.30. The van der Waals surface area contributed by atoms with E-state index in [4.69, 9.17) is 0 Å². The van der Waals surface area contributed by atoms with Crippen LogP contribution < -0.4 is 4.72 Å². The fourth-order valence-corrected chi connectivity index (χ4v) is 2.93. The molecule has 1 aromatic rings. The molecule has 0 amide bonds. The molecule has 1 fully saturated rings. The third-order valence-electron chi connectivity index (χ3n) is 2.28. The van der Waals surface area contributed by atoms with E-state index in [0.717, 1.165) is 0 Å². The Morgan fingerprint density at radius 3 is 2.64 bits per heavy atom. The lowest BCUT2D eigenvalue weighted by Crippen LogP contribution is -2.20. The quantitative estimate of drug-likeness (QED) is 0.764. The van der Waals surface area contributed by atoms with Gasteiger partial charge in [-0.25, -0.2) is 17.5 Å². The van der Waals surface area contributed by atoms with Crippen LogP contribution in [-0.2, 0) is 10.0 Å². The van der Waals surface area contributed by atoms with E-state index >= 15 is 0 Å². The number of sulfonamides is 1. The molecule has 14 heavy (non-hydrogen) atoms. The molecule has 1 atom stereocenters. The van der Waals surface area contributed by atoms with E-state index in [1.54, 1.807) is 18.2 Å². The second-order valence-corrected chi connectivity index (χ2v) is 5.17. The summed E-state index contributed by atoms with van der Waals surface area (Å²) in [6.07, 6.45) is 0.434. The molecule has 3 nitrogen and oxygen atoms in total. The Bertz CT molecular complexity index is 444. The maximum Gasteiger partial charge on any atom is 0.212 e. The lowest BCUT2D eigenvalue weighted by atomic mass is 10.1. The SMILES string of the molecule is O=S1(=O)CCC(c2ccccc2F)N1. The minimum absolute atomic E-state index is 0.0754. The summed E-state index contributed by atoms with van der Waals surface area (Å²) in [6, 6.07) is 5.82. The van der Waals surface area contributed by atoms with Gasteiger partial charge in [0.15, 0.2) is 0 Å². The Morgan fingerprint density at radius 2 is 2.07 bits per heavy atom. The molecule has 1 aromatic carbocycles. The molecular weight excluding hydrogens is 205 g/mol. The molecular formula is C9H10FNO2S. The predicted molar refractivity (Wildman–Crippen MR) is 50.7 cm³/mol. The van der Waals surface area contributed by atoms with Crippen molar-refractivity contribution in [3.63, 3.8) is 0 Å². The number of benzene rings is 1. The van der Waals surface area contributed by atoms with E-state index in [-0.39, 0.29) is 11.6 Å². The second kappa shape index (κ2) is 3.33. The Balaban J connectivity index is 2.30. The summed E-state index contributed by atoms with van der Waals surface area (Å²) in [4.78, 5) is 0. The van der Waals surface area contributed by atoms with Crippen molar-refractivity contribution in [3.05, 3.63) is 35.6 Å². The van der Waals surface area contributed by atoms with Crippen molar-refractivity contribution in [2.24, 2.45) is 0 Å². The van der Waals surface area contributed by atoms with Gasteiger partial charge in [-0.2, -0.15) is 0 Å². The molecule has 0 spiro atoms. The minimum Gasteiger partial charge on any atom is -0.212 e. The summed E-state index contributed by atoms with van der Waals surface area (Å²) in [6.45, 7) is 0. The first-order valence-electron chi connectivity index (χ1n) is 4.33. The minimum atomic E-state index is -3.18. The van der Waals surface area contributed by atoms with Crippen LogP contribution in [0.25, 0.3) is 0 Å². The summed E-state index contributed by atoms with van der Waals surface area (Å²) in [5.74, 6) is -0.284. The van der Waals surface area contributed by atoms with Gasteiger partial charge in [-0.05, 0) is 12.5 Å². The van der Waals surface area contributed by atoms with Gasteiger partial charge in [-0.1, -0.05) is 18.2 Å². The Hall–Kier alpha value is -0.940. The van der Waals surface area contributed by atoms with Gasteiger partial charge in [0.25, 0.3) is 0 Å². The van der Waals surface area contributed by atoms with E-state index < -0.39 is 16.1 Å². The molecule has 0 saturated carbocycles. The summed E-state index contributed by atoms with van der Waals surface area (Å²) in [5, 5.41) is 0. The lowest BCUT2D eigenvalue weighted by molar-refractivity contribution is 0.561. The van der Waals surface area contributed by atoms with Crippen LogP contribution >= 0.6 is 0 Å². The van der Waals surface area contributed by atoms with Crippen LogP contribution in [0, 0.1) is 5.82 Å². The molecule has 0 aromatic heterocycles. The molecule has 1 N–H and O–H groups in total. The Kier molecular flexibility index (Phi) is 2.28. The maximum atomic E-state index is 13.3. The van der Waals surface area contributed by atoms with E-state index in [0.29, 0.717) is 12.0 Å². The van der Waals surface area contributed by atoms with Crippen LogP contribution in [0.3, 0.4) is 0 Å². The van der Waals surface area contributed by atoms with Crippen LogP contribution in [0.1, 0.15) is 18.0 Å². The van der Waals surface area contributed by atoms with Gasteiger partial charge >= 0.3 is 0 Å². The number of nitrogens with one attached hydrogen (secondary N) is 1. The first-order chi connectivity index (χ1) is 6.58. The summed E-state index contributed by atoms with van der Waals surface area (Å²) in [5.41, 5.74) is 0.425. The third-order valence-corrected chi connectivity index (χ3v) is 3.69. The van der Waals surface area contributed by atoms with Crippen molar-refractivity contribution in [2.75, 3.05) is 5.75 Å². The normalized spacial score (nSPS) is 25.1. The number of hydrogen-bond donors (Lipinski definition) is 1. The van der Waals surface area contributed by atoms with Crippen molar-refractivity contribution in [1.82, 2.24) is 4.72 Å². The molecule has 1 aliphatic heterocycles. The Morgan fingerprint density at radius 1 is 1.36 bits per heavy atom. The van der Waals surface area contributed by atoms with Gasteiger partial charge in [0, 0.05) is 5.56 Å². The van der Waals surface area contributed by atoms with Crippen LogP contribution in [0.15, 0.2) is 24.3 Å². The van der Waals surface area contributed by atoms with Gasteiger partial charge < -0.3 is 0 Å². The summed E-state index contributed by atoms with van der Waals surface area (Å²) < 4.78 is 37.9. The standard InChI is InChI=1S/C9H10FNO2S/c10-8-4-2-1-3-7(8)9-5-6-14(12,13)11-9/h1-4,9,11H,5-6H2. The highest BCUT2D eigenvalue weighted by atomic mass is 32.2. The largest absolute Gasteiger partial charge is 0.212 e. The van der Waals surface area contributed by atoms with Gasteiger partial charge in [0.2, 0.25) is 10.0 Å². The molecule has 2 rings (SSSR count). The van der Waals surface area contributed by atoms with Gasteiger partial charge in [0.05, 0.1) is 11.8 Å². The molecule has 1 unspecified atom stereocenters. The highest BCUT2D eigenvalue weighted by molar-refractivity contribution is 7.89. The number of hydrogen-bond acceptors (Lipinski definition) is 2. The van der Waals surface area contributed by atoms with Crippen LogP contribution in [0.4, 0.5) is 4.39 Å². The lowest BCUT2D eigenvalue weighted by Gasteiger charge is -2.09. The highest BCUT2D eigenvalue weighted by Crippen LogP contribution is 2.25. The summed E-state index contributed by atoms with van der Waals surface area (Å²) in [7, 11) is -3.18. The number of rotatable bonds is 1. The first kappa shape index (κ1) is 9.61. The molecule has 0 aliphatic carbocycles. The van der Waals surface area contributed by atoms with Crippen LogP contribution in [0.2, 0.25) is 0 Å². The molecule has 1 aliphatic rings. The topological polar surface area (TPSA) is 46.2 Å². The van der Waals surface area contributed by atoms with Gasteiger partial charge in [-0.15, -0.1) is 0 Å². The van der Waals surface area contributed by atoms with Gasteiger partial charge in [0.1, 0.15) is 5.82 Å². The zero-order chi connectivity index (χ0) is 10.2. The molecule has 76 valence electrons. The van der Waals surface area contributed by atoms with Crippen molar-refractivity contribution < 1.29 is 12.8 Å².